The number of nitrogens with one attached hydrogen (secondary N) is 1. The Morgan fingerprint density at radius 2 is 2.38 bits per heavy atom. The SMILES string of the molecule is CNC(CCc1cccnc1)CC1CCC1. The third kappa shape index (κ3) is 3.31. The molecule has 0 spiro atoms. The zero-order valence-corrected chi connectivity index (χ0v) is 10.2. The van der Waals surface area contributed by atoms with Crippen LogP contribution in [0.3, 0.4) is 0 Å². The largest absolute Gasteiger partial charge is 0.317 e. The van der Waals surface area contributed by atoms with E-state index in [1.54, 1.807) is 0 Å². The van der Waals surface area contributed by atoms with Gasteiger partial charge in [-0.1, -0.05) is 25.3 Å². The van der Waals surface area contributed by atoms with Crippen molar-refractivity contribution in [3.8, 4) is 0 Å². The van der Waals surface area contributed by atoms with Crippen molar-refractivity contribution in [3.63, 3.8) is 0 Å². The van der Waals surface area contributed by atoms with E-state index in [-0.39, 0.29) is 0 Å². The quantitative estimate of drug-likeness (QED) is 0.794. The molecule has 0 amide bonds. The van der Waals surface area contributed by atoms with Crippen LogP contribution >= 0.6 is 0 Å². The average molecular weight is 218 g/mol. The highest BCUT2D eigenvalue weighted by Crippen LogP contribution is 2.31. The van der Waals surface area contributed by atoms with Gasteiger partial charge in [-0.25, -0.2) is 0 Å². The number of hydrogen-bond acceptors (Lipinski definition) is 2. The van der Waals surface area contributed by atoms with Crippen molar-refractivity contribution < 1.29 is 0 Å². The molecule has 2 nitrogen and oxygen atoms in total. The fraction of sp³-hybridized carbons (Fsp3) is 0.643. The van der Waals surface area contributed by atoms with Crippen molar-refractivity contribution >= 4 is 0 Å². The molecule has 1 unspecified atom stereocenters. The van der Waals surface area contributed by atoms with E-state index < -0.39 is 0 Å². The maximum atomic E-state index is 4.16. The Bertz CT molecular complexity index is 293. The second-order valence-electron chi connectivity index (χ2n) is 4.92. The Labute approximate surface area is 98.5 Å². The first-order chi connectivity index (χ1) is 7.88. The first kappa shape index (κ1) is 11.6. The zero-order valence-electron chi connectivity index (χ0n) is 10.2. The van der Waals surface area contributed by atoms with Crippen LogP contribution in [0.1, 0.15) is 37.7 Å². The molecule has 1 aromatic heterocycles. The maximum Gasteiger partial charge on any atom is 0.0299 e. The lowest BCUT2D eigenvalue weighted by Crippen LogP contribution is -2.30. The van der Waals surface area contributed by atoms with Crippen LogP contribution in [0.25, 0.3) is 0 Å². The third-order valence-corrected chi connectivity index (χ3v) is 3.76. The second-order valence-corrected chi connectivity index (χ2v) is 4.92. The van der Waals surface area contributed by atoms with Gasteiger partial charge >= 0.3 is 0 Å². The first-order valence-corrected chi connectivity index (χ1v) is 6.44. The standard InChI is InChI=1S/C14H22N2/c1-15-14(10-12-4-2-5-12)8-7-13-6-3-9-16-11-13/h3,6,9,11-12,14-15H,2,4-5,7-8,10H2,1H3. The summed E-state index contributed by atoms with van der Waals surface area (Å²) in [6, 6.07) is 4.88. The smallest absolute Gasteiger partial charge is 0.0299 e. The summed E-state index contributed by atoms with van der Waals surface area (Å²) in [6.45, 7) is 0. The van der Waals surface area contributed by atoms with E-state index in [0.717, 1.165) is 12.3 Å². The Morgan fingerprint density at radius 1 is 1.50 bits per heavy atom. The van der Waals surface area contributed by atoms with Crippen LogP contribution in [0.4, 0.5) is 0 Å². The Morgan fingerprint density at radius 3 is 2.94 bits per heavy atom. The fourth-order valence-electron chi connectivity index (χ4n) is 2.40. The van der Waals surface area contributed by atoms with E-state index in [1.165, 1.54) is 37.7 Å². The number of rotatable bonds is 6. The van der Waals surface area contributed by atoms with Crippen LogP contribution in [-0.2, 0) is 6.42 Å². The zero-order chi connectivity index (χ0) is 11.2. The van der Waals surface area contributed by atoms with E-state index in [2.05, 4.69) is 23.4 Å². The van der Waals surface area contributed by atoms with E-state index in [0.29, 0.717) is 6.04 Å². The maximum absolute atomic E-state index is 4.16. The van der Waals surface area contributed by atoms with Gasteiger partial charge < -0.3 is 5.32 Å². The van der Waals surface area contributed by atoms with Crippen molar-refractivity contribution in [3.05, 3.63) is 30.1 Å². The first-order valence-electron chi connectivity index (χ1n) is 6.44. The molecule has 2 rings (SSSR count). The molecular formula is C14H22N2. The predicted octanol–water partition coefficient (Wildman–Crippen LogP) is 2.79. The topological polar surface area (TPSA) is 24.9 Å². The number of aryl methyl sites for hydroxylation is 1. The van der Waals surface area contributed by atoms with E-state index in [4.69, 9.17) is 0 Å². The van der Waals surface area contributed by atoms with Crippen molar-refractivity contribution in [1.29, 1.82) is 0 Å². The summed E-state index contributed by atoms with van der Waals surface area (Å²) in [4.78, 5) is 4.16. The monoisotopic (exact) mass is 218 g/mol. The number of hydrogen-bond donors (Lipinski definition) is 1. The second kappa shape index (κ2) is 6.00. The molecule has 0 saturated heterocycles. The Kier molecular flexibility index (Phi) is 4.34. The summed E-state index contributed by atoms with van der Waals surface area (Å²) >= 11 is 0. The van der Waals surface area contributed by atoms with Gasteiger partial charge in [-0.2, -0.15) is 0 Å². The minimum absolute atomic E-state index is 0.686. The highest BCUT2D eigenvalue weighted by Gasteiger charge is 2.20. The van der Waals surface area contributed by atoms with Gasteiger partial charge in [-0.3, -0.25) is 4.98 Å². The summed E-state index contributed by atoms with van der Waals surface area (Å²) in [7, 11) is 2.09. The number of aromatic nitrogens is 1. The van der Waals surface area contributed by atoms with Gasteiger partial charge in [-0.15, -0.1) is 0 Å². The van der Waals surface area contributed by atoms with Crippen LogP contribution in [0, 0.1) is 5.92 Å². The van der Waals surface area contributed by atoms with Gasteiger partial charge in [0.1, 0.15) is 0 Å². The normalized spacial score (nSPS) is 18.1. The molecule has 16 heavy (non-hydrogen) atoms. The molecule has 1 aliphatic carbocycles. The lowest BCUT2D eigenvalue weighted by Gasteiger charge is -2.29. The van der Waals surface area contributed by atoms with Gasteiger partial charge in [0.05, 0.1) is 0 Å². The van der Waals surface area contributed by atoms with Gasteiger partial charge in [-0.05, 0) is 43.9 Å². The molecule has 1 atom stereocenters. The molecule has 1 aromatic rings. The van der Waals surface area contributed by atoms with Gasteiger partial charge in [0, 0.05) is 18.4 Å². The predicted molar refractivity (Wildman–Crippen MR) is 67.4 cm³/mol. The highest BCUT2D eigenvalue weighted by atomic mass is 14.9. The molecule has 0 aliphatic heterocycles. The highest BCUT2D eigenvalue weighted by molar-refractivity contribution is 5.08. The molecule has 2 heteroatoms. The molecule has 1 N–H and O–H groups in total. The van der Waals surface area contributed by atoms with Crippen LogP contribution < -0.4 is 5.32 Å². The minimum atomic E-state index is 0.686. The summed E-state index contributed by atoms with van der Waals surface area (Å²) in [5.41, 5.74) is 1.36. The molecule has 0 radical (unpaired) electrons. The van der Waals surface area contributed by atoms with Crippen molar-refractivity contribution in [2.24, 2.45) is 5.92 Å². The van der Waals surface area contributed by atoms with Crippen molar-refractivity contribution in [2.45, 2.75) is 44.6 Å². The van der Waals surface area contributed by atoms with Crippen LogP contribution in [-0.4, -0.2) is 18.1 Å². The Balaban J connectivity index is 1.73. The van der Waals surface area contributed by atoms with E-state index in [9.17, 15) is 0 Å². The van der Waals surface area contributed by atoms with Crippen LogP contribution in [0.2, 0.25) is 0 Å². The summed E-state index contributed by atoms with van der Waals surface area (Å²) < 4.78 is 0. The summed E-state index contributed by atoms with van der Waals surface area (Å²) in [5.74, 6) is 0.992. The van der Waals surface area contributed by atoms with Gasteiger partial charge in [0.15, 0.2) is 0 Å². The van der Waals surface area contributed by atoms with E-state index >= 15 is 0 Å². The summed E-state index contributed by atoms with van der Waals surface area (Å²) in [6.07, 6.45) is 11.9. The summed E-state index contributed by atoms with van der Waals surface area (Å²) in [5, 5.41) is 3.45. The Hall–Kier alpha value is -0.890. The molecule has 1 fully saturated rings. The lowest BCUT2D eigenvalue weighted by molar-refractivity contribution is 0.259. The van der Waals surface area contributed by atoms with Gasteiger partial charge in [0.2, 0.25) is 0 Å². The fourth-order valence-corrected chi connectivity index (χ4v) is 2.40. The van der Waals surface area contributed by atoms with Gasteiger partial charge in [0.25, 0.3) is 0 Å². The van der Waals surface area contributed by atoms with E-state index in [1.807, 2.05) is 18.5 Å². The molecule has 88 valence electrons. The lowest BCUT2D eigenvalue weighted by atomic mass is 9.80. The van der Waals surface area contributed by atoms with Crippen molar-refractivity contribution in [1.82, 2.24) is 10.3 Å². The molecule has 1 saturated carbocycles. The molecule has 0 aromatic carbocycles. The molecule has 1 aliphatic rings. The van der Waals surface area contributed by atoms with Crippen molar-refractivity contribution in [2.75, 3.05) is 7.05 Å². The number of nitrogens with zero attached hydrogens (tertiary/aromatic N) is 1. The average Bonchev–Trinajstić information content (AvgIpc) is 2.28. The molecule has 1 heterocycles. The minimum Gasteiger partial charge on any atom is -0.317 e. The van der Waals surface area contributed by atoms with Crippen LogP contribution in [0.15, 0.2) is 24.5 Å². The molecule has 0 bridgehead atoms. The van der Waals surface area contributed by atoms with Crippen LogP contribution in [0.5, 0.6) is 0 Å². The molecular weight excluding hydrogens is 196 g/mol. The third-order valence-electron chi connectivity index (χ3n) is 3.76. The number of pyridine rings is 1.